The molecule has 4 rings (SSSR count). The van der Waals surface area contributed by atoms with Crippen molar-refractivity contribution in [2.24, 2.45) is 0 Å². The zero-order chi connectivity index (χ0) is 19.9. The smallest absolute Gasteiger partial charge is 0.336 e. The summed E-state index contributed by atoms with van der Waals surface area (Å²) in [6.07, 6.45) is 1.67. The number of pyridine rings is 1. The average molecular weight is 417 g/mol. The topological polar surface area (TPSA) is 87.6 Å². The van der Waals surface area contributed by atoms with Crippen molar-refractivity contribution in [2.45, 2.75) is 17.7 Å². The lowest BCUT2D eigenvalue weighted by Crippen LogP contribution is -2.27. The lowest BCUT2D eigenvalue weighted by molar-refractivity contribution is 0.0699. The van der Waals surface area contributed by atoms with E-state index < -0.39 is 16.0 Å². The number of hydrogen-bond donors (Lipinski definition) is 1. The van der Waals surface area contributed by atoms with Gasteiger partial charge in [-0.05, 0) is 49.2 Å². The number of aromatic nitrogens is 1. The molecule has 1 fully saturated rings. The van der Waals surface area contributed by atoms with Gasteiger partial charge in [0, 0.05) is 29.1 Å². The summed E-state index contributed by atoms with van der Waals surface area (Å²) in [6, 6.07) is 12.8. The molecule has 28 heavy (non-hydrogen) atoms. The monoisotopic (exact) mass is 416 g/mol. The molecule has 1 aromatic heterocycles. The highest BCUT2D eigenvalue weighted by Crippen LogP contribution is 2.29. The first-order valence-electron chi connectivity index (χ1n) is 8.80. The highest BCUT2D eigenvalue weighted by atomic mass is 35.5. The zero-order valence-electron chi connectivity index (χ0n) is 14.8. The van der Waals surface area contributed by atoms with E-state index in [-0.39, 0.29) is 10.5 Å². The number of hydrogen-bond acceptors (Lipinski definition) is 4. The molecule has 0 spiro atoms. The number of carboxylic acids is 1. The molecule has 1 saturated heterocycles. The van der Waals surface area contributed by atoms with E-state index in [2.05, 4.69) is 4.98 Å². The molecular formula is C20H17ClN2O4S. The third kappa shape index (κ3) is 3.37. The van der Waals surface area contributed by atoms with Gasteiger partial charge in [-0.15, -0.1) is 0 Å². The van der Waals surface area contributed by atoms with Crippen molar-refractivity contribution < 1.29 is 18.3 Å². The first-order chi connectivity index (χ1) is 13.4. The molecule has 0 amide bonds. The second-order valence-corrected chi connectivity index (χ2v) is 9.03. The molecule has 2 heterocycles. The van der Waals surface area contributed by atoms with E-state index in [9.17, 15) is 18.3 Å². The number of nitrogens with zero attached hydrogens (tertiary/aromatic N) is 2. The Kier molecular flexibility index (Phi) is 4.82. The fraction of sp³-hybridized carbons (Fsp3) is 0.200. The number of aromatic carboxylic acids is 1. The standard InChI is InChI=1S/C20H17ClN2O4S/c21-14-5-3-13(4-6-14)19-12-17(20(24)25)16-11-15(7-8-18(16)22-19)28(26,27)23-9-1-2-10-23/h3-8,11-12H,1-2,9-10H2,(H,24,25). The van der Waals surface area contributed by atoms with E-state index in [1.54, 1.807) is 30.3 Å². The maximum atomic E-state index is 12.8. The van der Waals surface area contributed by atoms with Gasteiger partial charge in [0.15, 0.2) is 0 Å². The van der Waals surface area contributed by atoms with E-state index in [1.165, 1.54) is 22.5 Å². The van der Waals surface area contributed by atoms with Gasteiger partial charge in [-0.25, -0.2) is 18.2 Å². The highest BCUT2D eigenvalue weighted by Gasteiger charge is 2.28. The minimum atomic E-state index is -3.64. The summed E-state index contributed by atoms with van der Waals surface area (Å²) < 4.78 is 27.1. The van der Waals surface area contributed by atoms with Gasteiger partial charge in [0.25, 0.3) is 0 Å². The molecule has 1 aliphatic rings. The Hall–Kier alpha value is -2.48. The molecule has 1 N–H and O–H groups in total. The summed E-state index contributed by atoms with van der Waals surface area (Å²) in [7, 11) is -3.64. The number of sulfonamides is 1. The Labute approximate surface area is 167 Å². The van der Waals surface area contributed by atoms with Crippen LogP contribution in [0.1, 0.15) is 23.2 Å². The Morgan fingerprint density at radius 3 is 2.36 bits per heavy atom. The molecule has 0 aliphatic carbocycles. The summed E-state index contributed by atoms with van der Waals surface area (Å²) in [6.45, 7) is 0.972. The second-order valence-electron chi connectivity index (χ2n) is 6.66. The molecule has 8 heteroatoms. The van der Waals surface area contributed by atoms with E-state index in [0.717, 1.165) is 18.4 Å². The fourth-order valence-electron chi connectivity index (χ4n) is 3.39. The van der Waals surface area contributed by atoms with Crippen molar-refractivity contribution in [1.29, 1.82) is 0 Å². The summed E-state index contributed by atoms with van der Waals surface area (Å²) in [4.78, 5) is 16.5. The van der Waals surface area contributed by atoms with Gasteiger partial charge in [-0.1, -0.05) is 23.7 Å². The van der Waals surface area contributed by atoms with Crippen LogP contribution in [-0.4, -0.2) is 41.9 Å². The summed E-state index contributed by atoms with van der Waals surface area (Å²) in [5.74, 6) is -1.14. The molecule has 0 saturated carbocycles. The fourth-order valence-corrected chi connectivity index (χ4v) is 5.06. The molecule has 3 aromatic rings. The third-order valence-electron chi connectivity index (χ3n) is 4.85. The van der Waals surface area contributed by atoms with Gasteiger partial charge < -0.3 is 5.11 Å². The predicted molar refractivity (Wildman–Crippen MR) is 107 cm³/mol. The van der Waals surface area contributed by atoms with Crippen molar-refractivity contribution in [3.8, 4) is 11.3 Å². The Balaban J connectivity index is 1.87. The van der Waals surface area contributed by atoms with Crippen molar-refractivity contribution in [2.75, 3.05) is 13.1 Å². The lowest BCUT2D eigenvalue weighted by Gasteiger charge is -2.16. The molecule has 6 nitrogen and oxygen atoms in total. The minimum absolute atomic E-state index is 0.00780. The maximum absolute atomic E-state index is 12.8. The summed E-state index contributed by atoms with van der Waals surface area (Å²) in [5, 5.41) is 10.6. The second kappa shape index (κ2) is 7.16. The van der Waals surface area contributed by atoms with Crippen LogP contribution in [0.15, 0.2) is 53.4 Å². The minimum Gasteiger partial charge on any atom is -0.478 e. The highest BCUT2D eigenvalue weighted by molar-refractivity contribution is 7.89. The SMILES string of the molecule is O=C(O)c1cc(-c2ccc(Cl)cc2)nc2ccc(S(=O)(=O)N3CCCC3)cc12. The molecule has 0 radical (unpaired) electrons. The molecule has 2 aromatic carbocycles. The van der Waals surface area contributed by atoms with Gasteiger partial charge in [0.05, 0.1) is 21.7 Å². The molecule has 1 aliphatic heterocycles. The van der Waals surface area contributed by atoms with Crippen molar-refractivity contribution in [1.82, 2.24) is 9.29 Å². The number of benzene rings is 2. The third-order valence-corrected chi connectivity index (χ3v) is 7.00. The van der Waals surface area contributed by atoms with Crippen LogP contribution in [0.2, 0.25) is 5.02 Å². The van der Waals surface area contributed by atoms with Gasteiger partial charge in [0.1, 0.15) is 0 Å². The van der Waals surface area contributed by atoms with E-state index in [0.29, 0.717) is 34.7 Å². The van der Waals surface area contributed by atoms with Gasteiger partial charge >= 0.3 is 5.97 Å². The maximum Gasteiger partial charge on any atom is 0.336 e. The lowest BCUT2D eigenvalue weighted by atomic mass is 10.0. The Morgan fingerprint density at radius 1 is 1.04 bits per heavy atom. The number of rotatable bonds is 4. The van der Waals surface area contributed by atoms with Crippen LogP contribution >= 0.6 is 11.6 Å². The molecule has 0 bridgehead atoms. The normalized spacial score (nSPS) is 15.2. The Bertz CT molecular complexity index is 1170. The van der Waals surface area contributed by atoms with Gasteiger partial charge in [-0.2, -0.15) is 4.31 Å². The molecule has 144 valence electrons. The predicted octanol–water partition coefficient (Wildman–Crippen LogP) is 4.04. The van der Waals surface area contributed by atoms with E-state index in [4.69, 9.17) is 11.6 Å². The summed E-state index contributed by atoms with van der Waals surface area (Å²) >= 11 is 5.91. The number of halogens is 1. The van der Waals surface area contributed by atoms with Crippen molar-refractivity contribution in [3.63, 3.8) is 0 Å². The number of fused-ring (bicyclic) bond motifs is 1. The van der Waals surface area contributed by atoms with Crippen LogP contribution in [0.3, 0.4) is 0 Å². The van der Waals surface area contributed by atoms with Crippen LogP contribution in [0.5, 0.6) is 0 Å². The first-order valence-corrected chi connectivity index (χ1v) is 10.6. The molecular weight excluding hydrogens is 400 g/mol. The Morgan fingerprint density at radius 2 is 1.71 bits per heavy atom. The molecule has 0 atom stereocenters. The van der Waals surface area contributed by atoms with Crippen molar-refractivity contribution in [3.05, 3.63) is 59.1 Å². The van der Waals surface area contributed by atoms with E-state index in [1.807, 2.05) is 0 Å². The largest absolute Gasteiger partial charge is 0.478 e. The van der Waals surface area contributed by atoms with Crippen LogP contribution in [0.25, 0.3) is 22.2 Å². The zero-order valence-corrected chi connectivity index (χ0v) is 16.4. The molecule has 0 unspecified atom stereocenters. The first kappa shape index (κ1) is 18.9. The number of carbonyl (C=O) groups is 1. The van der Waals surface area contributed by atoms with Gasteiger partial charge in [-0.3, -0.25) is 0 Å². The van der Waals surface area contributed by atoms with Crippen LogP contribution in [-0.2, 0) is 10.0 Å². The number of carboxylic acid groups (broad SMARTS) is 1. The van der Waals surface area contributed by atoms with Gasteiger partial charge in [0.2, 0.25) is 10.0 Å². The van der Waals surface area contributed by atoms with E-state index >= 15 is 0 Å². The van der Waals surface area contributed by atoms with Crippen LogP contribution in [0.4, 0.5) is 0 Å². The van der Waals surface area contributed by atoms with Crippen LogP contribution < -0.4 is 0 Å². The average Bonchev–Trinajstić information content (AvgIpc) is 3.23. The van der Waals surface area contributed by atoms with Crippen LogP contribution in [0, 0.1) is 0 Å². The summed E-state index contributed by atoms with van der Waals surface area (Å²) in [5.41, 5.74) is 1.64. The quantitative estimate of drug-likeness (QED) is 0.693. The van der Waals surface area contributed by atoms with Crippen molar-refractivity contribution >= 4 is 38.5 Å².